The molecule has 0 spiro atoms. The minimum atomic E-state index is -0.583. The quantitative estimate of drug-likeness (QED) is 0.438. The first kappa shape index (κ1) is 23.0. The largest absolute Gasteiger partial charge is 0.465 e. The van der Waals surface area contributed by atoms with Crippen LogP contribution >= 0.6 is 11.6 Å². The minimum absolute atomic E-state index is 0.167. The van der Waals surface area contributed by atoms with Crippen molar-refractivity contribution >= 4 is 40.6 Å². The average Bonchev–Trinajstić information content (AvgIpc) is 3.30. The highest BCUT2D eigenvalue weighted by molar-refractivity contribution is 6.33. The van der Waals surface area contributed by atoms with Crippen molar-refractivity contribution in [2.75, 3.05) is 26.1 Å². The van der Waals surface area contributed by atoms with E-state index in [1.807, 2.05) is 12.1 Å². The van der Waals surface area contributed by atoms with Crippen molar-refractivity contribution in [2.45, 2.75) is 0 Å². The smallest absolute Gasteiger partial charge is 0.339 e. The third-order valence-corrected chi connectivity index (χ3v) is 5.83. The van der Waals surface area contributed by atoms with Gasteiger partial charge in [0.25, 0.3) is 11.8 Å². The molecule has 2 amide bonds. The molecular weight excluding hydrogens is 456 g/mol. The summed E-state index contributed by atoms with van der Waals surface area (Å²) < 4.78 is 6.44. The molecule has 0 bridgehead atoms. The van der Waals surface area contributed by atoms with Gasteiger partial charge in [-0.2, -0.15) is 5.10 Å². The van der Waals surface area contributed by atoms with Crippen LogP contribution in [0.15, 0.2) is 67.0 Å². The predicted molar refractivity (Wildman–Crippen MR) is 130 cm³/mol. The summed E-state index contributed by atoms with van der Waals surface area (Å²) in [7, 11) is 4.47. The third-order valence-electron chi connectivity index (χ3n) is 5.50. The first-order valence-corrected chi connectivity index (χ1v) is 10.7. The molecule has 4 aromatic rings. The molecule has 0 saturated heterocycles. The monoisotopic (exact) mass is 476 g/mol. The minimum Gasteiger partial charge on any atom is -0.465 e. The number of aromatic nitrogens is 2. The Kier molecular flexibility index (Phi) is 6.34. The number of nitrogens with one attached hydrogen (secondary N) is 1. The molecule has 0 aliphatic rings. The van der Waals surface area contributed by atoms with E-state index >= 15 is 0 Å². The number of benzene rings is 2. The second kappa shape index (κ2) is 9.36. The average molecular weight is 477 g/mol. The maximum absolute atomic E-state index is 13.2. The summed E-state index contributed by atoms with van der Waals surface area (Å²) >= 11 is 6.10. The highest BCUT2D eigenvalue weighted by Crippen LogP contribution is 2.27. The molecule has 9 heteroatoms. The Bertz CT molecular complexity index is 1410. The maximum atomic E-state index is 13.2. The normalized spacial score (nSPS) is 10.7. The third kappa shape index (κ3) is 4.23. The molecule has 172 valence electrons. The highest BCUT2D eigenvalue weighted by Gasteiger charge is 2.19. The summed E-state index contributed by atoms with van der Waals surface area (Å²) in [6, 6.07) is 15.3. The van der Waals surface area contributed by atoms with E-state index in [9.17, 15) is 14.4 Å². The molecule has 8 nitrogen and oxygen atoms in total. The Morgan fingerprint density at radius 2 is 1.76 bits per heavy atom. The Morgan fingerprint density at radius 1 is 1.03 bits per heavy atom. The summed E-state index contributed by atoms with van der Waals surface area (Å²) in [6.07, 6.45) is 3.42. The van der Waals surface area contributed by atoms with Crippen LogP contribution in [-0.2, 0) is 4.74 Å². The number of pyridine rings is 1. The summed E-state index contributed by atoms with van der Waals surface area (Å²) in [5.41, 5.74) is 4.07. The lowest BCUT2D eigenvalue weighted by molar-refractivity contribution is 0.0600. The fourth-order valence-corrected chi connectivity index (χ4v) is 3.78. The molecule has 2 aromatic carbocycles. The zero-order chi connectivity index (χ0) is 24.4. The molecule has 0 aliphatic carbocycles. The molecule has 0 saturated carbocycles. The molecule has 4 rings (SSSR count). The number of anilines is 1. The van der Waals surface area contributed by atoms with Crippen molar-refractivity contribution in [1.82, 2.24) is 14.9 Å². The van der Waals surface area contributed by atoms with Gasteiger partial charge in [-0.25, -0.2) is 9.31 Å². The molecule has 0 fully saturated rings. The Morgan fingerprint density at radius 3 is 2.44 bits per heavy atom. The highest BCUT2D eigenvalue weighted by atomic mass is 35.5. The van der Waals surface area contributed by atoms with E-state index in [1.54, 1.807) is 67.4 Å². The van der Waals surface area contributed by atoms with Gasteiger partial charge in [0.1, 0.15) is 0 Å². The fraction of sp³-hybridized carbons (Fsp3) is 0.120. The number of hydrogen-bond donors (Lipinski definition) is 1. The summed E-state index contributed by atoms with van der Waals surface area (Å²) in [5, 5.41) is 7.20. The number of carbonyl (C=O) groups is 3. The van der Waals surface area contributed by atoms with Crippen molar-refractivity contribution in [3.63, 3.8) is 0 Å². The fourth-order valence-electron chi connectivity index (χ4n) is 3.58. The second-order valence-corrected chi connectivity index (χ2v) is 7.89. The summed E-state index contributed by atoms with van der Waals surface area (Å²) in [6.45, 7) is 0. The lowest BCUT2D eigenvalue weighted by Gasteiger charge is -2.18. The van der Waals surface area contributed by atoms with Crippen molar-refractivity contribution < 1.29 is 19.1 Å². The van der Waals surface area contributed by atoms with Crippen LogP contribution in [0, 0.1) is 0 Å². The van der Waals surface area contributed by atoms with Crippen LogP contribution in [0.4, 0.5) is 5.69 Å². The van der Waals surface area contributed by atoms with Gasteiger partial charge >= 0.3 is 5.97 Å². The van der Waals surface area contributed by atoms with Gasteiger partial charge in [-0.1, -0.05) is 23.7 Å². The van der Waals surface area contributed by atoms with Crippen molar-refractivity contribution in [3.8, 4) is 11.1 Å². The Balaban J connectivity index is 1.67. The molecule has 0 aliphatic heterocycles. The summed E-state index contributed by atoms with van der Waals surface area (Å²) in [4.78, 5) is 38.5. The Hall–Kier alpha value is -4.17. The first-order chi connectivity index (χ1) is 16.3. The predicted octanol–water partition coefficient (Wildman–Crippen LogP) is 4.08. The van der Waals surface area contributed by atoms with Gasteiger partial charge in [0.15, 0.2) is 0 Å². The molecular formula is C25H21ClN4O4. The van der Waals surface area contributed by atoms with Crippen LogP contribution in [-0.4, -0.2) is 48.6 Å². The maximum Gasteiger partial charge on any atom is 0.339 e. The van der Waals surface area contributed by atoms with Crippen molar-refractivity contribution in [3.05, 3.63) is 88.7 Å². The van der Waals surface area contributed by atoms with E-state index in [0.29, 0.717) is 16.8 Å². The lowest BCUT2D eigenvalue weighted by atomic mass is 10.0. The number of ether oxygens (including phenoxy) is 1. The molecule has 34 heavy (non-hydrogen) atoms. The van der Waals surface area contributed by atoms with E-state index < -0.39 is 5.97 Å². The molecule has 0 atom stereocenters. The van der Waals surface area contributed by atoms with Gasteiger partial charge in [0, 0.05) is 42.7 Å². The Labute approximate surface area is 200 Å². The topological polar surface area (TPSA) is 93.0 Å². The number of rotatable bonds is 5. The number of nitrogens with zero attached hydrogens (tertiary/aromatic N) is 3. The molecule has 0 radical (unpaired) electrons. The van der Waals surface area contributed by atoms with Crippen molar-refractivity contribution in [1.29, 1.82) is 0 Å². The van der Waals surface area contributed by atoms with E-state index in [-0.39, 0.29) is 22.4 Å². The van der Waals surface area contributed by atoms with Gasteiger partial charge in [-0.3, -0.25) is 9.59 Å². The zero-order valence-corrected chi connectivity index (χ0v) is 19.5. The van der Waals surface area contributed by atoms with Gasteiger partial charge in [0.05, 0.1) is 29.4 Å². The van der Waals surface area contributed by atoms with Crippen LogP contribution in [0.25, 0.3) is 16.6 Å². The number of fused-ring (bicyclic) bond motifs is 1. The van der Waals surface area contributed by atoms with Gasteiger partial charge in [0.2, 0.25) is 0 Å². The van der Waals surface area contributed by atoms with Crippen LogP contribution in [0.3, 0.4) is 0 Å². The molecule has 2 heterocycles. The van der Waals surface area contributed by atoms with Gasteiger partial charge in [-0.05, 0) is 48.0 Å². The number of methoxy groups -OCH3 is 1. The van der Waals surface area contributed by atoms with E-state index in [0.717, 1.165) is 16.6 Å². The first-order valence-electron chi connectivity index (χ1n) is 10.3. The number of carbonyl (C=O) groups excluding carboxylic acids is 3. The van der Waals surface area contributed by atoms with Crippen LogP contribution < -0.4 is 10.2 Å². The van der Waals surface area contributed by atoms with E-state index in [2.05, 4.69) is 10.4 Å². The van der Waals surface area contributed by atoms with Crippen molar-refractivity contribution in [2.24, 2.45) is 0 Å². The molecule has 0 unspecified atom stereocenters. The standard InChI is InChI=1S/C25H21ClN4O4/c1-27-23(31)16-6-4-15(5-7-16)20-14-28-30-11-10-17(12-22(20)30)24(32)29(2)18-8-9-21(26)19(13-18)25(33)34-3/h4-14H,1-3H3,(H,27,31). The number of halogens is 1. The van der Waals surface area contributed by atoms with Crippen LogP contribution in [0.2, 0.25) is 5.02 Å². The molecule has 1 N–H and O–H groups in total. The second-order valence-electron chi connectivity index (χ2n) is 7.48. The number of hydrogen-bond acceptors (Lipinski definition) is 5. The summed E-state index contributed by atoms with van der Waals surface area (Å²) in [5.74, 6) is -1.02. The molecule has 2 aromatic heterocycles. The van der Waals surface area contributed by atoms with Gasteiger partial charge in [-0.15, -0.1) is 0 Å². The van der Waals surface area contributed by atoms with E-state index in [4.69, 9.17) is 16.3 Å². The SMILES string of the molecule is CNC(=O)c1ccc(-c2cnn3ccc(C(=O)N(C)c4ccc(Cl)c(C(=O)OC)c4)cc23)cc1. The number of amides is 2. The number of esters is 1. The van der Waals surface area contributed by atoms with Crippen LogP contribution in [0.5, 0.6) is 0 Å². The zero-order valence-electron chi connectivity index (χ0n) is 18.7. The van der Waals surface area contributed by atoms with E-state index in [1.165, 1.54) is 18.1 Å². The van der Waals surface area contributed by atoms with Gasteiger partial charge < -0.3 is 15.0 Å². The lowest BCUT2D eigenvalue weighted by Crippen LogP contribution is -2.26. The van der Waals surface area contributed by atoms with Crippen LogP contribution in [0.1, 0.15) is 31.1 Å².